The fourth-order valence-electron chi connectivity index (χ4n) is 1.60. The van der Waals surface area contributed by atoms with Gasteiger partial charge in [0.05, 0.1) is 22.7 Å². The molecule has 0 aliphatic rings. The van der Waals surface area contributed by atoms with E-state index in [0.29, 0.717) is 11.4 Å². The summed E-state index contributed by atoms with van der Waals surface area (Å²) in [6.07, 6.45) is 0. The summed E-state index contributed by atoms with van der Waals surface area (Å²) in [6, 6.07) is 11.5. The van der Waals surface area contributed by atoms with Crippen molar-refractivity contribution in [1.29, 1.82) is 0 Å². The second kappa shape index (κ2) is 5.74. The molecular formula is C12H13N3O5. The molecule has 0 amide bonds. The average molecular weight is 279 g/mol. The van der Waals surface area contributed by atoms with E-state index in [9.17, 15) is 5.21 Å². The molecule has 0 aliphatic heterocycles. The maximum atomic E-state index is 10.0. The highest BCUT2D eigenvalue weighted by molar-refractivity contribution is 5.64. The SMILES string of the molecule is ON(O)c1ccc(N(O)c2ccc(N(O)O)cc2)cc1. The summed E-state index contributed by atoms with van der Waals surface area (Å²) in [7, 11) is 0. The first-order valence-corrected chi connectivity index (χ1v) is 5.54. The van der Waals surface area contributed by atoms with Crippen molar-refractivity contribution < 1.29 is 26.0 Å². The van der Waals surface area contributed by atoms with Gasteiger partial charge in [0.25, 0.3) is 0 Å². The van der Waals surface area contributed by atoms with Gasteiger partial charge in [-0.2, -0.15) is 0 Å². The lowest BCUT2D eigenvalue weighted by Crippen LogP contribution is -2.14. The molecule has 106 valence electrons. The second-order valence-electron chi connectivity index (χ2n) is 3.92. The lowest BCUT2D eigenvalue weighted by atomic mass is 10.2. The van der Waals surface area contributed by atoms with Crippen molar-refractivity contribution in [2.45, 2.75) is 0 Å². The molecule has 2 aromatic rings. The Bertz CT molecular complexity index is 505. The van der Waals surface area contributed by atoms with Crippen LogP contribution in [0.25, 0.3) is 0 Å². The molecule has 0 aromatic heterocycles. The van der Waals surface area contributed by atoms with Gasteiger partial charge >= 0.3 is 0 Å². The smallest absolute Gasteiger partial charge is 0.0944 e. The number of hydrogen-bond acceptors (Lipinski definition) is 8. The van der Waals surface area contributed by atoms with Crippen LogP contribution in [-0.4, -0.2) is 26.0 Å². The fourth-order valence-corrected chi connectivity index (χ4v) is 1.60. The fraction of sp³-hybridized carbons (Fsp3) is 0. The molecule has 2 rings (SSSR count). The van der Waals surface area contributed by atoms with E-state index in [1.165, 1.54) is 48.5 Å². The standard InChI is InChI=1S/C12H13N3O5/c16-13(9-1-5-11(6-2-9)14(17)18)10-3-7-12(8-4-10)15(19)20/h1-8,16-20H. The van der Waals surface area contributed by atoms with Crippen LogP contribution in [0.4, 0.5) is 22.7 Å². The molecule has 0 aliphatic carbocycles. The molecule has 0 unspecified atom stereocenters. The molecule has 0 atom stereocenters. The highest BCUT2D eigenvalue weighted by atomic mass is 16.8. The third-order valence-electron chi connectivity index (χ3n) is 2.65. The van der Waals surface area contributed by atoms with Crippen LogP contribution in [0.2, 0.25) is 0 Å². The van der Waals surface area contributed by atoms with Crippen molar-refractivity contribution in [3.05, 3.63) is 48.5 Å². The largest absolute Gasteiger partial charge is 0.284 e. The topological polar surface area (TPSA) is 111 Å². The predicted octanol–water partition coefficient (Wildman–Crippen LogP) is 2.38. The van der Waals surface area contributed by atoms with Crippen LogP contribution in [0.5, 0.6) is 0 Å². The molecule has 8 heteroatoms. The van der Waals surface area contributed by atoms with Crippen molar-refractivity contribution in [1.82, 2.24) is 0 Å². The Labute approximate surface area is 114 Å². The zero-order valence-corrected chi connectivity index (χ0v) is 10.2. The van der Waals surface area contributed by atoms with Gasteiger partial charge in [0.2, 0.25) is 0 Å². The molecular weight excluding hydrogens is 266 g/mol. The molecule has 0 radical (unpaired) electrons. The van der Waals surface area contributed by atoms with E-state index >= 15 is 0 Å². The molecule has 0 saturated heterocycles. The van der Waals surface area contributed by atoms with Crippen LogP contribution in [0.15, 0.2) is 48.5 Å². The Hall–Kier alpha value is -2.36. The first-order valence-electron chi connectivity index (χ1n) is 5.54. The van der Waals surface area contributed by atoms with Crippen molar-refractivity contribution in [3.8, 4) is 0 Å². The molecule has 2 aromatic carbocycles. The maximum absolute atomic E-state index is 10.0. The van der Waals surface area contributed by atoms with E-state index < -0.39 is 0 Å². The highest BCUT2D eigenvalue weighted by Gasteiger charge is 2.08. The van der Waals surface area contributed by atoms with E-state index in [-0.39, 0.29) is 21.8 Å². The summed E-state index contributed by atoms with van der Waals surface area (Å²) in [5.74, 6) is 0. The van der Waals surface area contributed by atoms with Gasteiger partial charge in [-0.1, -0.05) is 0 Å². The van der Waals surface area contributed by atoms with Gasteiger partial charge in [0, 0.05) is 0 Å². The van der Waals surface area contributed by atoms with Gasteiger partial charge in [-0.15, -0.1) is 10.5 Å². The van der Waals surface area contributed by atoms with Crippen LogP contribution < -0.4 is 15.5 Å². The van der Waals surface area contributed by atoms with Crippen molar-refractivity contribution in [2.24, 2.45) is 0 Å². The zero-order valence-electron chi connectivity index (χ0n) is 10.2. The zero-order chi connectivity index (χ0) is 14.7. The minimum atomic E-state index is -0.0304. The number of nitrogens with zero attached hydrogens (tertiary/aromatic N) is 3. The number of rotatable bonds is 4. The van der Waals surface area contributed by atoms with E-state index in [2.05, 4.69) is 0 Å². The molecule has 0 bridgehead atoms. The number of anilines is 4. The molecule has 8 nitrogen and oxygen atoms in total. The van der Waals surface area contributed by atoms with Crippen LogP contribution in [0.3, 0.4) is 0 Å². The van der Waals surface area contributed by atoms with E-state index in [1.807, 2.05) is 0 Å². The minimum absolute atomic E-state index is 0.0304. The lowest BCUT2D eigenvalue weighted by Gasteiger charge is -2.18. The maximum Gasteiger partial charge on any atom is 0.0944 e. The monoisotopic (exact) mass is 279 g/mol. The van der Waals surface area contributed by atoms with E-state index in [0.717, 1.165) is 5.06 Å². The summed E-state index contributed by atoms with van der Waals surface area (Å²) in [5.41, 5.74) is 1.09. The van der Waals surface area contributed by atoms with E-state index in [4.69, 9.17) is 20.8 Å². The van der Waals surface area contributed by atoms with Crippen LogP contribution in [0, 0.1) is 0 Å². The van der Waals surface area contributed by atoms with Gasteiger partial charge in [-0.25, -0.2) is 5.06 Å². The lowest BCUT2D eigenvalue weighted by molar-refractivity contribution is 0.0285. The summed E-state index contributed by atoms with van der Waals surface area (Å²) in [6.45, 7) is 0. The van der Waals surface area contributed by atoms with Gasteiger partial charge in [0.15, 0.2) is 0 Å². The highest BCUT2D eigenvalue weighted by Crippen LogP contribution is 2.26. The molecule has 0 spiro atoms. The molecule has 0 saturated carbocycles. The Balaban J connectivity index is 2.19. The molecule has 20 heavy (non-hydrogen) atoms. The quantitative estimate of drug-likeness (QED) is 0.542. The van der Waals surface area contributed by atoms with Gasteiger partial charge < -0.3 is 0 Å². The summed E-state index contributed by atoms with van der Waals surface area (Å²) in [4.78, 5) is 0. The van der Waals surface area contributed by atoms with E-state index in [1.54, 1.807) is 0 Å². The Morgan fingerprint density at radius 3 is 0.950 bits per heavy atom. The Morgan fingerprint density at radius 2 is 0.700 bits per heavy atom. The number of hydrogen-bond donors (Lipinski definition) is 5. The Morgan fingerprint density at radius 1 is 0.450 bits per heavy atom. The molecule has 0 fully saturated rings. The van der Waals surface area contributed by atoms with Gasteiger partial charge in [-0.05, 0) is 48.5 Å². The summed E-state index contributed by atoms with van der Waals surface area (Å²) < 4.78 is 0. The first-order chi connectivity index (χ1) is 9.49. The average Bonchev–Trinajstić information content (AvgIpc) is 2.46. The number of benzene rings is 2. The van der Waals surface area contributed by atoms with Gasteiger partial charge in [0.1, 0.15) is 0 Å². The van der Waals surface area contributed by atoms with Gasteiger partial charge in [-0.3, -0.25) is 26.0 Å². The normalized spacial score (nSPS) is 10.2. The predicted molar refractivity (Wildman–Crippen MR) is 68.9 cm³/mol. The third kappa shape index (κ3) is 2.96. The summed E-state index contributed by atoms with van der Waals surface area (Å²) in [5, 5.41) is 46.1. The third-order valence-corrected chi connectivity index (χ3v) is 2.65. The van der Waals surface area contributed by atoms with Crippen LogP contribution in [-0.2, 0) is 0 Å². The van der Waals surface area contributed by atoms with Crippen LogP contribution >= 0.6 is 0 Å². The molecule has 0 heterocycles. The van der Waals surface area contributed by atoms with Crippen molar-refractivity contribution >= 4 is 22.7 Å². The Kier molecular flexibility index (Phi) is 4.03. The van der Waals surface area contributed by atoms with Crippen LogP contribution in [0.1, 0.15) is 0 Å². The minimum Gasteiger partial charge on any atom is -0.284 e. The van der Waals surface area contributed by atoms with Crippen molar-refractivity contribution in [3.63, 3.8) is 0 Å². The summed E-state index contributed by atoms with van der Waals surface area (Å²) >= 11 is 0. The first kappa shape index (κ1) is 14.1. The van der Waals surface area contributed by atoms with Crippen molar-refractivity contribution in [2.75, 3.05) is 15.5 Å². The second-order valence-corrected chi connectivity index (χ2v) is 3.92. The molecule has 5 N–H and O–H groups in total.